The summed E-state index contributed by atoms with van der Waals surface area (Å²) in [6.07, 6.45) is 2.81. The number of nitrogens with zero attached hydrogens (tertiary/aromatic N) is 1. The van der Waals surface area contributed by atoms with Crippen LogP contribution in [-0.2, 0) is 16.0 Å². The summed E-state index contributed by atoms with van der Waals surface area (Å²) in [7, 11) is 0. The van der Waals surface area contributed by atoms with Gasteiger partial charge >= 0.3 is 5.97 Å². The topological polar surface area (TPSA) is 66.8 Å². The smallest absolute Gasteiger partial charge is 0.307 e. The Kier molecular flexibility index (Phi) is 4.28. The molecule has 124 valence electrons. The lowest BCUT2D eigenvalue weighted by Crippen LogP contribution is -2.40. The molecule has 2 aliphatic rings. The zero-order chi connectivity index (χ0) is 16.4. The van der Waals surface area contributed by atoms with Gasteiger partial charge < -0.3 is 14.7 Å². The molecule has 1 unspecified atom stereocenters. The Morgan fingerprint density at radius 3 is 2.43 bits per heavy atom. The Morgan fingerprint density at radius 2 is 1.91 bits per heavy atom. The van der Waals surface area contributed by atoms with Gasteiger partial charge in [0, 0.05) is 13.1 Å². The number of benzene rings is 1. The molecule has 1 aliphatic heterocycles. The standard InChI is InChI=1S/C18H23NO4/c1-2-23-14-5-3-13(4-6-14)11-16(20)19-9-7-18(8-10-19)12-15(18)17(21)22/h3-6,15H,2,7-12H2,1H3,(H,21,22). The second-order valence-electron chi connectivity index (χ2n) is 6.59. The summed E-state index contributed by atoms with van der Waals surface area (Å²) < 4.78 is 5.40. The van der Waals surface area contributed by atoms with Crippen LogP contribution in [0.15, 0.2) is 24.3 Å². The van der Waals surface area contributed by atoms with Gasteiger partial charge in [0.05, 0.1) is 18.9 Å². The van der Waals surface area contributed by atoms with Crippen molar-refractivity contribution in [3.63, 3.8) is 0 Å². The van der Waals surface area contributed by atoms with E-state index in [1.54, 1.807) is 0 Å². The van der Waals surface area contributed by atoms with Gasteiger partial charge in [-0.3, -0.25) is 9.59 Å². The first kappa shape index (κ1) is 15.8. The first-order valence-corrected chi connectivity index (χ1v) is 8.26. The Hall–Kier alpha value is -2.04. The molecule has 1 aromatic carbocycles. The predicted octanol–water partition coefficient (Wildman–Crippen LogP) is 2.34. The van der Waals surface area contributed by atoms with E-state index in [9.17, 15) is 9.59 Å². The molecular formula is C18H23NO4. The monoisotopic (exact) mass is 317 g/mol. The van der Waals surface area contributed by atoms with Gasteiger partial charge in [0.2, 0.25) is 5.91 Å². The highest BCUT2D eigenvalue weighted by molar-refractivity contribution is 5.79. The summed E-state index contributed by atoms with van der Waals surface area (Å²) in [4.78, 5) is 25.4. The van der Waals surface area contributed by atoms with E-state index in [0.29, 0.717) is 26.1 Å². The SMILES string of the molecule is CCOc1ccc(CC(=O)N2CCC3(CC2)CC3C(=O)O)cc1. The molecule has 0 radical (unpaired) electrons. The second kappa shape index (κ2) is 6.22. The van der Waals surface area contributed by atoms with Crippen molar-refractivity contribution in [2.75, 3.05) is 19.7 Å². The first-order chi connectivity index (χ1) is 11.0. The van der Waals surface area contributed by atoms with Gasteiger partial charge in [-0.05, 0) is 49.3 Å². The molecule has 3 rings (SSSR count). The number of hydrogen-bond donors (Lipinski definition) is 1. The highest BCUT2D eigenvalue weighted by Crippen LogP contribution is 2.59. The maximum atomic E-state index is 12.4. The molecule has 2 fully saturated rings. The van der Waals surface area contributed by atoms with Gasteiger partial charge in [-0.2, -0.15) is 0 Å². The van der Waals surface area contributed by atoms with E-state index in [-0.39, 0.29) is 17.2 Å². The third kappa shape index (κ3) is 3.33. The van der Waals surface area contributed by atoms with Crippen molar-refractivity contribution in [3.05, 3.63) is 29.8 Å². The molecule has 1 aromatic rings. The average molecular weight is 317 g/mol. The lowest BCUT2D eigenvalue weighted by atomic mass is 9.90. The van der Waals surface area contributed by atoms with Gasteiger partial charge in [-0.25, -0.2) is 0 Å². The number of carbonyl (C=O) groups is 2. The summed E-state index contributed by atoms with van der Waals surface area (Å²) >= 11 is 0. The molecule has 5 nitrogen and oxygen atoms in total. The fraction of sp³-hybridized carbons (Fsp3) is 0.556. The summed E-state index contributed by atoms with van der Waals surface area (Å²) in [5, 5.41) is 9.11. The fourth-order valence-electron chi connectivity index (χ4n) is 3.61. The number of rotatable bonds is 5. The normalized spacial score (nSPS) is 22.0. The first-order valence-electron chi connectivity index (χ1n) is 8.26. The van der Waals surface area contributed by atoms with Crippen molar-refractivity contribution >= 4 is 11.9 Å². The Balaban J connectivity index is 1.51. The van der Waals surface area contributed by atoms with Crippen LogP contribution in [0, 0.1) is 11.3 Å². The number of aliphatic carboxylic acids is 1. The maximum Gasteiger partial charge on any atom is 0.307 e. The van der Waals surface area contributed by atoms with E-state index in [0.717, 1.165) is 30.6 Å². The van der Waals surface area contributed by atoms with E-state index < -0.39 is 5.97 Å². The molecule has 1 N–H and O–H groups in total. The molecule has 0 bridgehead atoms. The van der Waals surface area contributed by atoms with E-state index in [2.05, 4.69) is 0 Å². The van der Waals surface area contributed by atoms with Gasteiger partial charge in [0.1, 0.15) is 5.75 Å². The van der Waals surface area contributed by atoms with Crippen LogP contribution >= 0.6 is 0 Å². The zero-order valence-corrected chi connectivity index (χ0v) is 13.5. The van der Waals surface area contributed by atoms with E-state index >= 15 is 0 Å². The molecule has 1 heterocycles. The molecule has 1 aliphatic carbocycles. The minimum Gasteiger partial charge on any atom is -0.494 e. The Morgan fingerprint density at radius 1 is 1.26 bits per heavy atom. The van der Waals surface area contributed by atoms with Gasteiger partial charge in [0.25, 0.3) is 0 Å². The fourth-order valence-corrected chi connectivity index (χ4v) is 3.61. The molecule has 1 atom stereocenters. The lowest BCUT2D eigenvalue weighted by molar-refractivity contribution is -0.139. The van der Waals surface area contributed by atoms with Crippen molar-refractivity contribution in [2.45, 2.75) is 32.6 Å². The van der Waals surface area contributed by atoms with Gasteiger partial charge in [0.15, 0.2) is 0 Å². The molecular weight excluding hydrogens is 294 g/mol. The molecule has 1 saturated carbocycles. The number of carboxylic acid groups (broad SMARTS) is 1. The molecule has 1 amide bonds. The molecule has 5 heteroatoms. The minimum atomic E-state index is -0.681. The van der Waals surface area contributed by atoms with Gasteiger partial charge in [-0.15, -0.1) is 0 Å². The number of amides is 1. The average Bonchev–Trinajstić information content (AvgIpc) is 3.24. The predicted molar refractivity (Wildman–Crippen MR) is 85.3 cm³/mol. The van der Waals surface area contributed by atoms with E-state index in [1.165, 1.54) is 0 Å². The molecule has 1 spiro atoms. The van der Waals surface area contributed by atoms with Crippen LogP contribution in [-0.4, -0.2) is 41.6 Å². The second-order valence-corrected chi connectivity index (χ2v) is 6.59. The number of piperidine rings is 1. The van der Waals surface area contributed by atoms with Crippen molar-refractivity contribution < 1.29 is 19.4 Å². The highest BCUT2D eigenvalue weighted by atomic mass is 16.5. The summed E-state index contributed by atoms with van der Waals surface area (Å²) in [5.41, 5.74) is 0.954. The number of carboxylic acids is 1. The summed E-state index contributed by atoms with van der Waals surface area (Å²) in [6.45, 7) is 3.93. The van der Waals surface area contributed by atoms with Crippen LogP contribution in [0.2, 0.25) is 0 Å². The number of ether oxygens (including phenoxy) is 1. The van der Waals surface area contributed by atoms with Crippen LogP contribution in [0.25, 0.3) is 0 Å². The zero-order valence-electron chi connectivity index (χ0n) is 13.5. The van der Waals surface area contributed by atoms with Crippen molar-refractivity contribution in [2.24, 2.45) is 11.3 Å². The molecule has 1 saturated heterocycles. The van der Waals surface area contributed by atoms with Crippen molar-refractivity contribution in [1.82, 2.24) is 4.90 Å². The number of hydrogen-bond acceptors (Lipinski definition) is 3. The van der Waals surface area contributed by atoms with Gasteiger partial charge in [-0.1, -0.05) is 12.1 Å². The lowest BCUT2D eigenvalue weighted by Gasteiger charge is -2.32. The van der Waals surface area contributed by atoms with Crippen LogP contribution < -0.4 is 4.74 Å². The number of carbonyl (C=O) groups excluding carboxylic acids is 1. The molecule has 23 heavy (non-hydrogen) atoms. The quantitative estimate of drug-likeness (QED) is 0.905. The minimum absolute atomic E-state index is 0.0260. The molecule has 0 aromatic heterocycles. The van der Waals surface area contributed by atoms with Crippen molar-refractivity contribution in [1.29, 1.82) is 0 Å². The van der Waals surface area contributed by atoms with Crippen LogP contribution in [0.5, 0.6) is 5.75 Å². The number of likely N-dealkylation sites (tertiary alicyclic amines) is 1. The van der Waals surface area contributed by atoms with Crippen molar-refractivity contribution in [3.8, 4) is 5.75 Å². The van der Waals surface area contributed by atoms with Crippen LogP contribution in [0.1, 0.15) is 31.7 Å². The van der Waals surface area contributed by atoms with Crippen LogP contribution in [0.4, 0.5) is 0 Å². The van der Waals surface area contributed by atoms with E-state index in [1.807, 2.05) is 36.1 Å². The van der Waals surface area contributed by atoms with Crippen LogP contribution in [0.3, 0.4) is 0 Å². The third-order valence-corrected chi connectivity index (χ3v) is 5.19. The Labute approximate surface area is 136 Å². The summed E-state index contributed by atoms with van der Waals surface area (Å²) in [5.74, 6) is 0.0682. The maximum absolute atomic E-state index is 12.4. The van der Waals surface area contributed by atoms with E-state index in [4.69, 9.17) is 9.84 Å². The summed E-state index contributed by atoms with van der Waals surface area (Å²) in [6, 6.07) is 7.63. The largest absolute Gasteiger partial charge is 0.494 e. The third-order valence-electron chi connectivity index (χ3n) is 5.19. The highest BCUT2D eigenvalue weighted by Gasteiger charge is 2.59. The Bertz CT molecular complexity index is 588.